The molecular weight excluding hydrogens is 288 g/mol. The second kappa shape index (κ2) is 7.59. The molecule has 0 saturated carbocycles. The summed E-state index contributed by atoms with van der Waals surface area (Å²) < 4.78 is 1.89. The highest BCUT2D eigenvalue weighted by atomic mass is 16.1. The predicted octanol–water partition coefficient (Wildman–Crippen LogP) is 2.50. The fourth-order valence-corrected chi connectivity index (χ4v) is 3.28. The average molecular weight is 314 g/mol. The summed E-state index contributed by atoms with van der Waals surface area (Å²) in [7, 11) is 0. The van der Waals surface area contributed by atoms with E-state index in [9.17, 15) is 4.79 Å². The van der Waals surface area contributed by atoms with Gasteiger partial charge in [0.05, 0.1) is 5.69 Å². The van der Waals surface area contributed by atoms with Crippen LogP contribution in [0.3, 0.4) is 0 Å². The Balaban J connectivity index is 1.53. The summed E-state index contributed by atoms with van der Waals surface area (Å²) in [6, 6.07) is 5.81. The number of imidazole rings is 1. The number of pyridine rings is 1. The van der Waals surface area contributed by atoms with E-state index in [4.69, 9.17) is 0 Å². The fourth-order valence-electron chi connectivity index (χ4n) is 3.28. The van der Waals surface area contributed by atoms with Crippen LogP contribution < -0.4 is 5.32 Å². The zero-order valence-corrected chi connectivity index (χ0v) is 13.9. The van der Waals surface area contributed by atoms with Crippen molar-refractivity contribution in [2.75, 3.05) is 26.2 Å². The van der Waals surface area contributed by atoms with Crippen LogP contribution in [0.15, 0.2) is 24.4 Å². The van der Waals surface area contributed by atoms with Gasteiger partial charge in [0.1, 0.15) is 11.3 Å². The molecule has 0 unspecified atom stereocenters. The zero-order chi connectivity index (χ0) is 16.1. The van der Waals surface area contributed by atoms with Gasteiger partial charge >= 0.3 is 0 Å². The third-order valence-corrected chi connectivity index (χ3v) is 4.54. The number of nitrogens with zero attached hydrogens (tertiary/aromatic N) is 3. The van der Waals surface area contributed by atoms with Crippen LogP contribution in [-0.2, 0) is 6.42 Å². The SMILES string of the molecule is CCc1nc2ccccn2c1C(=O)NCCCCN1CCCC1. The van der Waals surface area contributed by atoms with Gasteiger partial charge in [0.2, 0.25) is 0 Å². The Hall–Kier alpha value is -1.88. The first kappa shape index (κ1) is 16.0. The molecule has 124 valence electrons. The number of fused-ring (bicyclic) bond motifs is 1. The minimum absolute atomic E-state index is 0.0123. The molecule has 0 aromatic carbocycles. The van der Waals surface area contributed by atoms with E-state index in [0.29, 0.717) is 5.69 Å². The first-order chi connectivity index (χ1) is 11.3. The first-order valence-electron chi connectivity index (χ1n) is 8.76. The third-order valence-electron chi connectivity index (χ3n) is 4.54. The lowest BCUT2D eigenvalue weighted by molar-refractivity contribution is 0.0946. The zero-order valence-electron chi connectivity index (χ0n) is 13.9. The molecule has 1 aliphatic heterocycles. The summed E-state index contributed by atoms with van der Waals surface area (Å²) in [5.41, 5.74) is 2.39. The van der Waals surface area contributed by atoms with Gasteiger partial charge in [-0.15, -0.1) is 0 Å². The molecule has 1 amide bonds. The van der Waals surface area contributed by atoms with E-state index in [1.54, 1.807) is 0 Å². The van der Waals surface area contributed by atoms with Crippen molar-refractivity contribution in [3.63, 3.8) is 0 Å². The number of hydrogen-bond donors (Lipinski definition) is 1. The molecule has 0 spiro atoms. The van der Waals surface area contributed by atoms with Gasteiger partial charge < -0.3 is 10.2 Å². The number of likely N-dealkylation sites (tertiary alicyclic amines) is 1. The summed E-state index contributed by atoms with van der Waals surface area (Å²) in [5, 5.41) is 3.06. The molecule has 3 rings (SSSR count). The van der Waals surface area contributed by atoms with Crippen molar-refractivity contribution < 1.29 is 4.79 Å². The quantitative estimate of drug-likeness (QED) is 0.799. The van der Waals surface area contributed by atoms with E-state index < -0.39 is 0 Å². The van der Waals surface area contributed by atoms with Gasteiger partial charge in [-0.3, -0.25) is 9.20 Å². The summed E-state index contributed by atoms with van der Waals surface area (Å²) in [6.45, 7) is 6.41. The van der Waals surface area contributed by atoms with Gasteiger partial charge in [0.15, 0.2) is 0 Å². The Kier molecular flexibility index (Phi) is 5.28. The van der Waals surface area contributed by atoms with Crippen LogP contribution in [0.4, 0.5) is 0 Å². The van der Waals surface area contributed by atoms with Gasteiger partial charge in [0.25, 0.3) is 5.91 Å². The maximum Gasteiger partial charge on any atom is 0.270 e. The van der Waals surface area contributed by atoms with E-state index in [0.717, 1.165) is 43.7 Å². The van der Waals surface area contributed by atoms with Crippen molar-refractivity contribution in [3.8, 4) is 0 Å². The Morgan fingerprint density at radius 1 is 1.26 bits per heavy atom. The number of aryl methyl sites for hydroxylation is 1. The van der Waals surface area contributed by atoms with Gasteiger partial charge in [0, 0.05) is 12.7 Å². The number of amides is 1. The van der Waals surface area contributed by atoms with Crippen LogP contribution in [0, 0.1) is 0 Å². The lowest BCUT2D eigenvalue weighted by atomic mass is 10.2. The van der Waals surface area contributed by atoms with Crippen molar-refractivity contribution in [3.05, 3.63) is 35.8 Å². The molecule has 1 N–H and O–H groups in total. The van der Waals surface area contributed by atoms with Crippen LogP contribution in [-0.4, -0.2) is 46.4 Å². The summed E-state index contributed by atoms with van der Waals surface area (Å²) in [4.78, 5) is 19.6. The van der Waals surface area contributed by atoms with E-state index in [-0.39, 0.29) is 5.91 Å². The van der Waals surface area contributed by atoms with Crippen LogP contribution >= 0.6 is 0 Å². The number of nitrogens with one attached hydrogen (secondary N) is 1. The molecule has 0 atom stereocenters. The summed E-state index contributed by atoms with van der Waals surface area (Å²) in [6.07, 6.45) is 7.52. The predicted molar refractivity (Wildman–Crippen MR) is 91.8 cm³/mol. The Labute approximate surface area is 137 Å². The molecule has 0 radical (unpaired) electrons. The molecule has 2 aromatic heterocycles. The molecule has 2 aromatic rings. The maximum absolute atomic E-state index is 12.5. The van der Waals surface area contributed by atoms with Gasteiger partial charge in [-0.1, -0.05) is 13.0 Å². The van der Waals surface area contributed by atoms with Crippen LogP contribution in [0.1, 0.15) is 48.8 Å². The second-order valence-electron chi connectivity index (χ2n) is 6.20. The normalized spacial score (nSPS) is 15.3. The maximum atomic E-state index is 12.5. The van der Waals surface area contributed by atoms with Crippen molar-refractivity contribution in [1.29, 1.82) is 0 Å². The van der Waals surface area contributed by atoms with Crippen LogP contribution in [0.5, 0.6) is 0 Å². The van der Waals surface area contributed by atoms with E-state index >= 15 is 0 Å². The number of hydrogen-bond acceptors (Lipinski definition) is 3. The molecule has 1 aliphatic rings. The third kappa shape index (κ3) is 3.72. The second-order valence-corrected chi connectivity index (χ2v) is 6.20. The largest absolute Gasteiger partial charge is 0.351 e. The van der Waals surface area contributed by atoms with Gasteiger partial charge in [-0.05, 0) is 63.9 Å². The topological polar surface area (TPSA) is 49.6 Å². The Morgan fingerprint density at radius 2 is 2.09 bits per heavy atom. The minimum Gasteiger partial charge on any atom is -0.351 e. The Bertz CT molecular complexity index is 658. The molecular formula is C18H26N4O. The van der Waals surface area contributed by atoms with E-state index in [2.05, 4.69) is 15.2 Å². The molecule has 5 nitrogen and oxygen atoms in total. The lowest BCUT2D eigenvalue weighted by Crippen LogP contribution is -2.27. The summed E-state index contributed by atoms with van der Waals surface area (Å²) >= 11 is 0. The van der Waals surface area contributed by atoms with Crippen molar-refractivity contribution in [1.82, 2.24) is 19.6 Å². The molecule has 23 heavy (non-hydrogen) atoms. The molecule has 1 saturated heterocycles. The van der Waals surface area contributed by atoms with Gasteiger partial charge in [-0.2, -0.15) is 0 Å². The van der Waals surface area contributed by atoms with Crippen LogP contribution in [0.2, 0.25) is 0 Å². The highest BCUT2D eigenvalue weighted by Gasteiger charge is 2.17. The minimum atomic E-state index is -0.0123. The highest BCUT2D eigenvalue weighted by Crippen LogP contribution is 2.13. The molecule has 0 bridgehead atoms. The Morgan fingerprint density at radius 3 is 2.87 bits per heavy atom. The molecule has 3 heterocycles. The number of carbonyl (C=O) groups excluding carboxylic acids is 1. The molecule has 5 heteroatoms. The average Bonchev–Trinajstić information content (AvgIpc) is 3.21. The molecule has 0 aliphatic carbocycles. The standard InChI is InChI=1S/C18H26N4O/c1-2-15-17(22-14-5-3-9-16(22)20-15)18(23)19-10-4-6-11-21-12-7-8-13-21/h3,5,9,14H,2,4,6-8,10-13H2,1H3,(H,19,23). The van der Waals surface area contributed by atoms with E-state index in [1.165, 1.54) is 25.9 Å². The highest BCUT2D eigenvalue weighted by molar-refractivity contribution is 5.94. The van der Waals surface area contributed by atoms with Crippen molar-refractivity contribution in [2.24, 2.45) is 0 Å². The van der Waals surface area contributed by atoms with Crippen molar-refractivity contribution in [2.45, 2.75) is 39.0 Å². The first-order valence-corrected chi connectivity index (χ1v) is 8.76. The number of aromatic nitrogens is 2. The smallest absolute Gasteiger partial charge is 0.270 e. The van der Waals surface area contributed by atoms with Gasteiger partial charge in [-0.25, -0.2) is 4.98 Å². The molecule has 1 fully saturated rings. The lowest BCUT2D eigenvalue weighted by Gasteiger charge is -2.14. The number of rotatable bonds is 7. The number of unbranched alkanes of at least 4 members (excludes halogenated alkanes) is 1. The fraction of sp³-hybridized carbons (Fsp3) is 0.556. The monoisotopic (exact) mass is 314 g/mol. The number of carbonyl (C=O) groups is 1. The van der Waals surface area contributed by atoms with Crippen molar-refractivity contribution >= 4 is 11.6 Å². The summed E-state index contributed by atoms with van der Waals surface area (Å²) in [5.74, 6) is -0.0123. The van der Waals surface area contributed by atoms with Crippen LogP contribution in [0.25, 0.3) is 5.65 Å². The van der Waals surface area contributed by atoms with E-state index in [1.807, 2.05) is 35.7 Å².